The van der Waals surface area contributed by atoms with Crippen molar-refractivity contribution in [2.75, 3.05) is 12.0 Å². The van der Waals surface area contributed by atoms with E-state index in [0.29, 0.717) is 33.3 Å². The summed E-state index contributed by atoms with van der Waals surface area (Å²) in [6, 6.07) is 12.5. The highest BCUT2D eigenvalue weighted by Gasteiger charge is 2.48. The fourth-order valence-corrected chi connectivity index (χ4v) is 4.00. The van der Waals surface area contributed by atoms with E-state index in [2.05, 4.69) is 0 Å². The number of benzene rings is 2. The van der Waals surface area contributed by atoms with Gasteiger partial charge in [0.1, 0.15) is 23.3 Å². The molecule has 3 aromatic rings. The van der Waals surface area contributed by atoms with Crippen LogP contribution in [0.4, 0.5) is 5.69 Å². The number of amides is 1. The Labute approximate surface area is 184 Å². The van der Waals surface area contributed by atoms with E-state index < -0.39 is 17.7 Å². The van der Waals surface area contributed by atoms with Crippen molar-refractivity contribution in [2.45, 2.75) is 19.9 Å². The van der Waals surface area contributed by atoms with E-state index in [9.17, 15) is 14.7 Å². The molecule has 1 fully saturated rings. The van der Waals surface area contributed by atoms with Crippen LogP contribution in [0.3, 0.4) is 0 Å². The van der Waals surface area contributed by atoms with Gasteiger partial charge in [-0.1, -0.05) is 17.7 Å². The Kier molecular flexibility index (Phi) is 5.33. The molecule has 0 radical (unpaired) electrons. The molecule has 1 amide bonds. The Morgan fingerprint density at radius 1 is 1.13 bits per heavy atom. The second-order valence-corrected chi connectivity index (χ2v) is 7.66. The first kappa shape index (κ1) is 20.8. The number of aliphatic hydroxyl groups excluding tert-OH is 1. The second-order valence-electron chi connectivity index (χ2n) is 7.25. The first-order valence-electron chi connectivity index (χ1n) is 9.59. The molecule has 2 aromatic carbocycles. The number of ether oxygens (including phenoxy) is 1. The second kappa shape index (κ2) is 7.96. The molecule has 1 aliphatic rings. The summed E-state index contributed by atoms with van der Waals surface area (Å²) >= 11 is 6.27. The molecule has 0 aliphatic carbocycles. The van der Waals surface area contributed by atoms with E-state index >= 15 is 0 Å². The molecule has 1 aliphatic heterocycles. The maximum atomic E-state index is 13.1. The van der Waals surface area contributed by atoms with E-state index in [0.717, 1.165) is 5.56 Å². The Balaban J connectivity index is 1.94. The summed E-state index contributed by atoms with van der Waals surface area (Å²) in [5, 5.41) is 11.6. The Morgan fingerprint density at radius 3 is 2.55 bits per heavy atom. The van der Waals surface area contributed by atoms with Gasteiger partial charge in [0.05, 0.1) is 18.9 Å². The normalized spacial score (nSPS) is 17.9. The Hall–Kier alpha value is -3.51. The summed E-state index contributed by atoms with van der Waals surface area (Å²) in [4.78, 5) is 27.5. The molecule has 4 rings (SSSR count). The van der Waals surface area contributed by atoms with Gasteiger partial charge in [0, 0.05) is 16.3 Å². The van der Waals surface area contributed by atoms with Gasteiger partial charge in [-0.15, -0.1) is 0 Å². The van der Waals surface area contributed by atoms with Crippen LogP contribution in [0, 0.1) is 13.8 Å². The van der Waals surface area contributed by atoms with Crippen LogP contribution in [0.2, 0.25) is 5.02 Å². The molecule has 31 heavy (non-hydrogen) atoms. The van der Waals surface area contributed by atoms with Gasteiger partial charge in [-0.05, 0) is 67.4 Å². The quantitative estimate of drug-likeness (QED) is 0.345. The van der Waals surface area contributed by atoms with E-state index in [1.165, 1.54) is 11.2 Å². The summed E-state index contributed by atoms with van der Waals surface area (Å²) < 4.78 is 10.8. The zero-order valence-electron chi connectivity index (χ0n) is 17.2. The molecule has 6 nitrogen and oxygen atoms in total. The van der Waals surface area contributed by atoms with Crippen LogP contribution in [0.5, 0.6) is 5.75 Å². The average molecular weight is 438 g/mol. The number of methoxy groups -OCH3 is 1. The van der Waals surface area contributed by atoms with Crippen LogP contribution >= 0.6 is 11.6 Å². The zero-order chi connectivity index (χ0) is 22.3. The minimum absolute atomic E-state index is 0.0520. The lowest BCUT2D eigenvalue weighted by atomic mass is 9.98. The fourth-order valence-electron chi connectivity index (χ4n) is 3.84. The molecule has 1 unspecified atom stereocenters. The number of carbonyl (C=O) groups is 2. The predicted octanol–water partition coefficient (Wildman–Crippen LogP) is 5.18. The number of Topliss-reactive ketones (excluding diaryl/α,β-unsaturated/α-hetero) is 1. The number of rotatable bonds is 4. The van der Waals surface area contributed by atoms with E-state index in [4.69, 9.17) is 20.8 Å². The topological polar surface area (TPSA) is 80.0 Å². The van der Waals surface area contributed by atoms with Crippen molar-refractivity contribution in [3.63, 3.8) is 0 Å². The highest BCUT2D eigenvalue weighted by Crippen LogP contribution is 2.44. The smallest absolute Gasteiger partial charge is 0.300 e. The molecule has 1 aromatic heterocycles. The standard InChI is InChI=1S/C24H20ClNO5/c1-13-12-15(9-10-18(13)30-3)22(27)20-21(19-8-5-11-31-19)26(24(29)23(20)28)17-7-4-6-16(25)14(17)2/h4-12,21,27H,1-3H3/b22-20-. The van der Waals surface area contributed by atoms with Gasteiger partial charge in [0.2, 0.25) is 0 Å². The van der Waals surface area contributed by atoms with Crippen LogP contribution < -0.4 is 9.64 Å². The minimum Gasteiger partial charge on any atom is -0.507 e. The van der Waals surface area contributed by atoms with E-state index in [1.54, 1.807) is 62.6 Å². The van der Waals surface area contributed by atoms with Crippen LogP contribution in [-0.2, 0) is 9.59 Å². The number of aryl methyl sites for hydroxylation is 1. The number of hydrogen-bond acceptors (Lipinski definition) is 5. The number of halogens is 1. The molecule has 0 saturated carbocycles. The van der Waals surface area contributed by atoms with E-state index in [1.807, 2.05) is 6.92 Å². The van der Waals surface area contributed by atoms with Gasteiger partial charge in [-0.2, -0.15) is 0 Å². The maximum Gasteiger partial charge on any atom is 0.300 e. The summed E-state index contributed by atoms with van der Waals surface area (Å²) in [6.45, 7) is 3.59. The number of nitrogens with zero attached hydrogens (tertiary/aromatic N) is 1. The molecule has 0 bridgehead atoms. The largest absolute Gasteiger partial charge is 0.507 e. The Bertz CT molecular complexity index is 1210. The molecule has 158 valence electrons. The van der Waals surface area contributed by atoms with Crippen molar-refractivity contribution in [3.8, 4) is 5.75 Å². The molecule has 1 saturated heterocycles. The lowest BCUT2D eigenvalue weighted by molar-refractivity contribution is -0.132. The minimum atomic E-state index is -0.936. The molecule has 1 N–H and O–H groups in total. The maximum absolute atomic E-state index is 13.1. The molecule has 2 heterocycles. The van der Waals surface area contributed by atoms with Crippen molar-refractivity contribution in [1.82, 2.24) is 0 Å². The van der Waals surface area contributed by atoms with Crippen molar-refractivity contribution < 1.29 is 23.8 Å². The highest BCUT2D eigenvalue weighted by atomic mass is 35.5. The number of anilines is 1. The van der Waals surface area contributed by atoms with Crippen molar-refractivity contribution in [1.29, 1.82) is 0 Å². The van der Waals surface area contributed by atoms with Gasteiger partial charge in [0.15, 0.2) is 0 Å². The average Bonchev–Trinajstić information content (AvgIpc) is 3.37. The van der Waals surface area contributed by atoms with Gasteiger partial charge in [-0.25, -0.2) is 0 Å². The van der Waals surface area contributed by atoms with Crippen LogP contribution in [0.15, 0.2) is 64.8 Å². The van der Waals surface area contributed by atoms with Crippen LogP contribution in [0.1, 0.15) is 28.5 Å². The summed E-state index contributed by atoms with van der Waals surface area (Å²) in [5.74, 6) is -0.850. The van der Waals surface area contributed by atoms with Crippen LogP contribution in [0.25, 0.3) is 5.76 Å². The number of furan rings is 1. The third kappa shape index (κ3) is 3.39. The summed E-state index contributed by atoms with van der Waals surface area (Å²) in [5.41, 5.74) is 2.24. The van der Waals surface area contributed by atoms with Crippen molar-refractivity contribution >= 4 is 34.7 Å². The summed E-state index contributed by atoms with van der Waals surface area (Å²) in [7, 11) is 1.55. The molecular weight excluding hydrogens is 418 g/mol. The SMILES string of the molecule is COc1ccc(/C(O)=C2/C(=O)C(=O)N(c3cccc(Cl)c3C)C2c2ccco2)cc1C. The van der Waals surface area contributed by atoms with Crippen molar-refractivity contribution in [3.05, 3.63) is 87.8 Å². The molecule has 0 spiro atoms. The lowest BCUT2D eigenvalue weighted by Crippen LogP contribution is -2.30. The number of ketones is 1. The third-order valence-electron chi connectivity index (χ3n) is 5.42. The lowest BCUT2D eigenvalue weighted by Gasteiger charge is -2.25. The van der Waals surface area contributed by atoms with Gasteiger partial charge < -0.3 is 14.3 Å². The third-order valence-corrected chi connectivity index (χ3v) is 5.83. The molecule has 7 heteroatoms. The van der Waals surface area contributed by atoms with Gasteiger partial charge >= 0.3 is 0 Å². The van der Waals surface area contributed by atoms with Crippen LogP contribution in [-0.4, -0.2) is 23.9 Å². The van der Waals surface area contributed by atoms with Crippen molar-refractivity contribution in [2.24, 2.45) is 0 Å². The summed E-state index contributed by atoms with van der Waals surface area (Å²) in [6.07, 6.45) is 1.46. The molecule has 1 atom stereocenters. The predicted molar refractivity (Wildman–Crippen MR) is 117 cm³/mol. The number of carbonyl (C=O) groups excluding carboxylic acids is 2. The van der Waals surface area contributed by atoms with Gasteiger partial charge in [-0.3, -0.25) is 14.5 Å². The highest BCUT2D eigenvalue weighted by molar-refractivity contribution is 6.52. The van der Waals surface area contributed by atoms with E-state index in [-0.39, 0.29) is 11.3 Å². The molecular formula is C24H20ClNO5. The van der Waals surface area contributed by atoms with Gasteiger partial charge in [0.25, 0.3) is 11.7 Å². The fraction of sp³-hybridized carbons (Fsp3) is 0.167. The number of aliphatic hydroxyl groups is 1. The number of hydrogen-bond donors (Lipinski definition) is 1. The first-order chi connectivity index (χ1) is 14.8. The first-order valence-corrected chi connectivity index (χ1v) is 9.97. The Morgan fingerprint density at radius 2 is 1.90 bits per heavy atom. The monoisotopic (exact) mass is 437 g/mol. The zero-order valence-corrected chi connectivity index (χ0v) is 17.9.